The summed E-state index contributed by atoms with van der Waals surface area (Å²) in [4.78, 5) is 12.1. The SMILES string of the molecule is Cc1ccc(NC(=O)c2cn(C3CCNCC3)nn2)cc1F.Cl. The average Bonchev–Trinajstić information content (AvgIpc) is 3.02. The van der Waals surface area contributed by atoms with E-state index in [1.165, 1.54) is 6.07 Å². The van der Waals surface area contributed by atoms with Crippen molar-refractivity contribution in [1.82, 2.24) is 20.3 Å². The van der Waals surface area contributed by atoms with E-state index in [1.54, 1.807) is 29.9 Å². The Bertz CT molecular complexity index is 684. The lowest BCUT2D eigenvalue weighted by Gasteiger charge is -2.22. The molecule has 0 unspecified atom stereocenters. The Hall–Kier alpha value is -1.99. The molecule has 1 fully saturated rings. The number of benzene rings is 1. The van der Waals surface area contributed by atoms with E-state index in [9.17, 15) is 9.18 Å². The highest BCUT2D eigenvalue weighted by Gasteiger charge is 2.18. The van der Waals surface area contributed by atoms with Crippen LogP contribution in [-0.4, -0.2) is 34.0 Å². The number of amides is 1. The monoisotopic (exact) mass is 339 g/mol. The number of anilines is 1. The number of hydrogen-bond donors (Lipinski definition) is 2. The number of aromatic nitrogens is 3. The Morgan fingerprint density at radius 1 is 1.39 bits per heavy atom. The highest BCUT2D eigenvalue weighted by Crippen LogP contribution is 2.18. The highest BCUT2D eigenvalue weighted by atomic mass is 35.5. The number of carbonyl (C=O) groups is 1. The van der Waals surface area contributed by atoms with Gasteiger partial charge in [-0.25, -0.2) is 9.07 Å². The minimum absolute atomic E-state index is 0. The standard InChI is InChI=1S/C15H18FN5O.ClH/c1-10-2-3-11(8-13(10)16)18-15(22)14-9-21(20-19-14)12-4-6-17-7-5-12;/h2-3,8-9,12,17H,4-7H2,1H3,(H,18,22);1H. The molecule has 1 amide bonds. The third kappa shape index (κ3) is 4.05. The number of halogens is 2. The topological polar surface area (TPSA) is 71.8 Å². The van der Waals surface area contributed by atoms with E-state index in [-0.39, 0.29) is 35.9 Å². The lowest BCUT2D eigenvalue weighted by molar-refractivity contribution is 0.102. The Morgan fingerprint density at radius 2 is 2.13 bits per heavy atom. The summed E-state index contributed by atoms with van der Waals surface area (Å²) in [5.74, 6) is -0.736. The van der Waals surface area contributed by atoms with Crippen LogP contribution in [0.1, 0.15) is 34.9 Å². The molecule has 1 saturated heterocycles. The number of rotatable bonds is 3. The second-order valence-corrected chi connectivity index (χ2v) is 5.48. The van der Waals surface area contributed by atoms with Crippen molar-refractivity contribution in [3.8, 4) is 0 Å². The molecule has 23 heavy (non-hydrogen) atoms. The number of piperidine rings is 1. The Balaban J connectivity index is 0.00000192. The molecule has 1 aliphatic heterocycles. The van der Waals surface area contributed by atoms with Crippen molar-refractivity contribution in [2.45, 2.75) is 25.8 Å². The second-order valence-electron chi connectivity index (χ2n) is 5.48. The van der Waals surface area contributed by atoms with Crippen molar-refractivity contribution in [3.05, 3.63) is 41.5 Å². The van der Waals surface area contributed by atoms with Crippen molar-refractivity contribution in [2.24, 2.45) is 0 Å². The van der Waals surface area contributed by atoms with Gasteiger partial charge in [0.15, 0.2) is 5.69 Å². The minimum Gasteiger partial charge on any atom is -0.320 e. The van der Waals surface area contributed by atoms with Gasteiger partial charge in [-0.2, -0.15) is 0 Å². The molecule has 2 N–H and O–H groups in total. The van der Waals surface area contributed by atoms with E-state index >= 15 is 0 Å². The van der Waals surface area contributed by atoms with Gasteiger partial charge in [0.05, 0.1) is 12.2 Å². The van der Waals surface area contributed by atoms with E-state index in [1.807, 2.05) is 0 Å². The molecule has 0 saturated carbocycles. The number of aryl methyl sites for hydroxylation is 1. The van der Waals surface area contributed by atoms with Gasteiger partial charge in [0.1, 0.15) is 5.82 Å². The first-order chi connectivity index (χ1) is 10.6. The molecule has 0 atom stereocenters. The van der Waals surface area contributed by atoms with E-state index < -0.39 is 0 Å². The fourth-order valence-electron chi connectivity index (χ4n) is 2.50. The van der Waals surface area contributed by atoms with Crippen molar-refractivity contribution in [3.63, 3.8) is 0 Å². The van der Waals surface area contributed by atoms with Gasteiger partial charge in [-0.3, -0.25) is 4.79 Å². The van der Waals surface area contributed by atoms with Gasteiger partial charge in [-0.15, -0.1) is 17.5 Å². The van der Waals surface area contributed by atoms with Crippen LogP contribution < -0.4 is 10.6 Å². The van der Waals surface area contributed by atoms with Gasteiger partial charge in [-0.05, 0) is 50.6 Å². The molecule has 1 aliphatic rings. The van der Waals surface area contributed by atoms with E-state index in [2.05, 4.69) is 20.9 Å². The van der Waals surface area contributed by atoms with Crippen LogP contribution in [0.5, 0.6) is 0 Å². The molecule has 6 nitrogen and oxygen atoms in total. The number of carbonyl (C=O) groups excluding carboxylic acids is 1. The quantitative estimate of drug-likeness (QED) is 0.900. The summed E-state index contributed by atoms with van der Waals surface area (Å²) in [6.07, 6.45) is 3.58. The van der Waals surface area contributed by atoms with Crippen LogP contribution in [0.25, 0.3) is 0 Å². The summed E-state index contributed by atoms with van der Waals surface area (Å²) in [5.41, 5.74) is 1.18. The second kappa shape index (κ2) is 7.52. The maximum atomic E-state index is 13.5. The van der Waals surface area contributed by atoms with Crippen molar-refractivity contribution in [1.29, 1.82) is 0 Å². The normalized spacial score (nSPS) is 15.0. The highest BCUT2D eigenvalue weighted by molar-refractivity contribution is 6.02. The smallest absolute Gasteiger partial charge is 0.277 e. The molecule has 8 heteroatoms. The van der Waals surface area contributed by atoms with Crippen LogP contribution in [0, 0.1) is 12.7 Å². The van der Waals surface area contributed by atoms with Crippen molar-refractivity contribution >= 4 is 24.0 Å². The summed E-state index contributed by atoms with van der Waals surface area (Å²) in [6.45, 7) is 3.55. The lowest BCUT2D eigenvalue weighted by Crippen LogP contribution is -2.29. The van der Waals surface area contributed by atoms with Gasteiger partial charge < -0.3 is 10.6 Å². The summed E-state index contributed by atoms with van der Waals surface area (Å²) in [5, 5.41) is 13.9. The summed E-state index contributed by atoms with van der Waals surface area (Å²) >= 11 is 0. The summed E-state index contributed by atoms with van der Waals surface area (Å²) in [7, 11) is 0. The molecular weight excluding hydrogens is 321 g/mol. The molecule has 0 spiro atoms. The molecule has 0 aliphatic carbocycles. The first-order valence-corrected chi connectivity index (χ1v) is 7.33. The predicted octanol–water partition coefficient (Wildman–Crippen LogP) is 2.32. The van der Waals surface area contributed by atoms with Crippen LogP contribution in [0.15, 0.2) is 24.4 Å². The average molecular weight is 340 g/mol. The fraction of sp³-hybridized carbons (Fsp3) is 0.400. The van der Waals surface area contributed by atoms with Crippen LogP contribution in [0.3, 0.4) is 0 Å². The molecule has 1 aromatic heterocycles. The zero-order chi connectivity index (χ0) is 15.5. The molecule has 1 aromatic carbocycles. The molecule has 0 radical (unpaired) electrons. The Kier molecular flexibility index (Phi) is 5.68. The molecule has 124 valence electrons. The first kappa shape index (κ1) is 17.4. The third-order valence-electron chi connectivity index (χ3n) is 3.86. The molecule has 0 bridgehead atoms. The Morgan fingerprint density at radius 3 is 2.83 bits per heavy atom. The predicted molar refractivity (Wildman–Crippen MR) is 87.5 cm³/mol. The van der Waals surface area contributed by atoms with Crippen LogP contribution in [-0.2, 0) is 0 Å². The molecular formula is C15H19ClFN5O. The number of nitrogens with one attached hydrogen (secondary N) is 2. The maximum Gasteiger partial charge on any atom is 0.277 e. The van der Waals surface area contributed by atoms with Crippen molar-refractivity contribution < 1.29 is 9.18 Å². The van der Waals surface area contributed by atoms with Crippen LogP contribution >= 0.6 is 12.4 Å². The van der Waals surface area contributed by atoms with E-state index in [0.29, 0.717) is 11.3 Å². The minimum atomic E-state index is -0.386. The van der Waals surface area contributed by atoms with Gasteiger partial charge in [0.2, 0.25) is 0 Å². The number of nitrogens with zero attached hydrogens (tertiary/aromatic N) is 3. The summed E-state index contributed by atoms with van der Waals surface area (Å²) < 4.78 is 15.2. The molecule has 3 rings (SSSR count). The molecule has 2 heterocycles. The molecule has 2 aromatic rings. The zero-order valence-electron chi connectivity index (χ0n) is 12.8. The van der Waals surface area contributed by atoms with Gasteiger partial charge in [0, 0.05) is 5.69 Å². The Labute approximate surface area is 139 Å². The largest absolute Gasteiger partial charge is 0.320 e. The first-order valence-electron chi connectivity index (χ1n) is 7.33. The van der Waals surface area contributed by atoms with Gasteiger partial charge in [-0.1, -0.05) is 11.3 Å². The lowest BCUT2D eigenvalue weighted by atomic mass is 10.1. The van der Waals surface area contributed by atoms with Crippen molar-refractivity contribution in [2.75, 3.05) is 18.4 Å². The number of hydrogen-bond acceptors (Lipinski definition) is 4. The maximum absolute atomic E-state index is 13.5. The zero-order valence-corrected chi connectivity index (χ0v) is 13.6. The fourth-order valence-corrected chi connectivity index (χ4v) is 2.50. The van der Waals surface area contributed by atoms with Gasteiger partial charge in [0.25, 0.3) is 5.91 Å². The van der Waals surface area contributed by atoms with Crippen LogP contribution in [0.2, 0.25) is 0 Å². The summed E-state index contributed by atoms with van der Waals surface area (Å²) in [6, 6.07) is 4.85. The van der Waals surface area contributed by atoms with E-state index in [4.69, 9.17) is 0 Å². The van der Waals surface area contributed by atoms with E-state index in [0.717, 1.165) is 25.9 Å². The van der Waals surface area contributed by atoms with Crippen LogP contribution in [0.4, 0.5) is 10.1 Å². The van der Waals surface area contributed by atoms with Gasteiger partial charge >= 0.3 is 0 Å². The third-order valence-corrected chi connectivity index (χ3v) is 3.86.